The number of hydrogen-bond acceptors (Lipinski definition) is 1. The van der Waals surface area contributed by atoms with Crippen molar-refractivity contribution in [3.05, 3.63) is 139 Å². The second-order valence-electron chi connectivity index (χ2n) is 9.48. The Labute approximate surface area is 215 Å². The Morgan fingerprint density at radius 3 is 1.72 bits per heavy atom. The molecule has 0 radical (unpaired) electrons. The van der Waals surface area contributed by atoms with E-state index in [1.807, 2.05) is 6.20 Å². The molecule has 0 spiro atoms. The van der Waals surface area contributed by atoms with Gasteiger partial charge in [0.15, 0.2) is 0 Å². The third-order valence-corrected chi connectivity index (χ3v) is 6.81. The minimum atomic E-state index is 1.00. The van der Waals surface area contributed by atoms with Crippen molar-refractivity contribution in [1.29, 1.82) is 0 Å². The van der Waals surface area contributed by atoms with Crippen LogP contribution in [0.15, 0.2) is 128 Å². The predicted molar refractivity (Wildman–Crippen MR) is 153 cm³/mol. The molecule has 1 nitrogen and oxygen atoms in total. The summed E-state index contributed by atoms with van der Waals surface area (Å²) in [5.74, 6) is 0. The molecule has 4 aromatic carbocycles. The van der Waals surface area contributed by atoms with E-state index in [1.54, 1.807) is 0 Å². The van der Waals surface area contributed by atoms with Crippen molar-refractivity contribution >= 4 is 0 Å². The lowest BCUT2D eigenvalue weighted by molar-refractivity contribution is 0.640. The normalized spacial score (nSPS) is 10.9. The molecule has 36 heavy (non-hydrogen) atoms. The van der Waals surface area contributed by atoms with Gasteiger partial charge < -0.3 is 0 Å². The molecule has 0 bridgehead atoms. The van der Waals surface area contributed by atoms with Crippen LogP contribution in [-0.4, -0.2) is 4.98 Å². The fourth-order valence-corrected chi connectivity index (χ4v) is 4.82. The third-order valence-electron chi connectivity index (χ3n) is 6.81. The van der Waals surface area contributed by atoms with Crippen molar-refractivity contribution in [3.63, 3.8) is 0 Å². The van der Waals surface area contributed by atoms with Gasteiger partial charge in [0, 0.05) is 11.8 Å². The van der Waals surface area contributed by atoms with Crippen LogP contribution in [0, 0.1) is 0 Å². The summed E-state index contributed by atoms with van der Waals surface area (Å²) < 4.78 is 0. The lowest BCUT2D eigenvalue weighted by Crippen LogP contribution is -1.90. The van der Waals surface area contributed by atoms with E-state index in [0.29, 0.717) is 0 Å². The van der Waals surface area contributed by atoms with E-state index >= 15 is 0 Å². The molecule has 0 amide bonds. The molecule has 0 aliphatic rings. The standard InChI is InChI=1S/C35H33N/c1(5-13-28-14-7-3-8-15-28)2-6-16-29-17-11-20-31(25-29)32-21-12-22-34(26-32)35-27-33(23-24-36-35)30-18-9-4-10-19-30/h3-4,7-12,14-15,17-27H,1-2,5-6,13,16H2. The van der Waals surface area contributed by atoms with Gasteiger partial charge >= 0.3 is 0 Å². The predicted octanol–water partition coefficient (Wildman–Crippen LogP) is 9.43. The third kappa shape index (κ3) is 6.37. The van der Waals surface area contributed by atoms with Gasteiger partial charge in [-0.2, -0.15) is 0 Å². The van der Waals surface area contributed by atoms with E-state index < -0.39 is 0 Å². The van der Waals surface area contributed by atoms with Crippen LogP contribution in [0.1, 0.15) is 36.8 Å². The summed E-state index contributed by atoms with van der Waals surface area (Å²) in [6, 6.07) is 43.4. The van der Waals surface area contributed by atoms with Gasteiger partial charge in [-0.05, 0) is 77.3 Å². The highest BCUT2D eigenvalue weighted by Crippen LogP contribution is 2.29. The number of aryl methyl sites for hydroxylation is 2. The fraction of sp³-hybridized carbons (Fsp3) is 0.171. The topological polar surface area (TPSA) is 12.9 Å². The van der Waals surface area contributed by atoms with Gasteiger partial charge in [0.1, 0.15) is 0 Å². The first-order valence-electron chi connectivity index (χ1n) is 13.1. The number of benzene rings is 4. The van der Waals surface area contributed by atoms with Gasteiger partial charge in [0.05, 0.1) is 5.69 Å². The first-order valence-corrected chi connectivity index (χ1v) is 13.1. The lowest BCUT2D eigenvalue weighted by Gasteiger charge is -2.09. The van der Waals surface area contributed by atoms with Gasteiger partial charge in [-0.25, -0.2) is 0 Å². The lowest BCUT2D eigenvalue weighted by atomic mass is 9.97. The highest BCUT2D eigenvalue weighted by atomic mass is 14.7. The molecule has 178 valence electrons. The van der Waals surface area contributed by atoms with Crippen LogP contribution >= 0.6 is 0 Å². The van der Waals surface area contributed by atoms with Crippen LogP contribution in [0.3, 0.4) is 0 Å². The summed E-state index contributed by atoms with van der Waals surface area (Å²) in [6.45, 7) is 0. The SMILES string of the molecule is c1ccc(CCCCCCc2cccc(-c3cccc(-c4cc(-c5ccccc5)ccn4)c3)c2)cc1. The average Bonchev–Trinajstić information content (AvgIpc) is 2.96. The first-order chi connectivity index (χ1) is 17.8. The zero-order valence-corrected chi connectivity index (χ0v) is 20.8. The Morgan fingerprint density at radius 1 is 0.389 bits per heavy atom. The van der Waals surface area contributed by atoms with Crippen LogP contribution in [0.4, 0.5) is 0 Å². The zero-order chi connectivity index (χ0) is 24.4. The number of unbranched alkanes of at least 4 members (excludes halogenated alkanes) is 3. The maximum absolute atomic E-state index is 4.67. The summed E-state index contributed by atoms with van der Waals surface area (Å²) in [5.41, 5.74) is 9.95. The first kappa shape index (κ1) is 23.8. The van der Waals surface area contributed by atoms with Crippen LogP contribution in [0.5, 0.6) is 0 Å². The Kier molecular flexibility index (Phi) is 8.00. The quantitative estimate of drug-likeness (QED) is 0.186. The summed E-state index contributed by atoms with van der Waals surface area (Å²) in [6.07, 6.45) is 9.34. The van der Waals surface area contributed by atoms with Crippen molar-refractivity contribution in [2.45, 2.75) is 38.5 Å². The summed E-state index contributed by atoms with van der Waals surface area (Å²) in [5, 5.41) is 0. The molecule has 0 atom stereocenters. The van der Waals surface area contributed by atoms with Crippen LogP contribution in [0.25, 0.3) is 33.5 Å². The van der Waals surface area contributed by atoms with E-state index in [4.69, 9.17) is 0 Å². The average molecular weight is 468 g/mol. The molecular weight excluding hydrogens is 434 g/mol. The monoisotopic (exact) mass is 467 g/mol. The smallest absolute Gasteiger partial charge is 0.0708 e. The Balaban J connectivity index is 1.21. The second kappa shape index (κ2) is 12.1. The van der Waals surface area contributed by atoms with Gasteiger partial charge in [-0.1, -0.05) is 116 Å². The van der Waals surface area contributed by atoms with E-state index in [-0.39, 0.29) is 0 Å². The van der Waals surface area contributed by atoms with E-state index in [9.17, 15) is 0 Å². The number of nitrogens with zero attached hydrogens (tertiary/aromatic N) is 1. The molecule has 0 saturated heterocycles. The molecule has 0 N–H and O–H groups in total. The van der Waals surface area contributed by atoms with Crippen LogP contribution < -0.4 is 0 Å². The molecule has 0 aliphatic heterocycles. The molecule has 0 saturated carbocycles. The molecule has 5 aromatic rings. The zero-order valence-electron chi connectivity index (χ0n) is 20.8. The van der Waals surface area contributed by atoms with E-state index in [0.717, 1.165) is 17.7 Å². The minimum absolute atomic E-state index is 1.00. The molecular formula is C35H33N. The van der Waals surface area contributed by atoms with Crippen molar-refractivity contribution in [3.8, 4) is 33.5 Å². The highest BCUT2D eigenvalue weighted by Gasteiger charge is 2.06. The number of aromatic nitrogens is 1. The van der Waals surface area contributed by atoms with Crippen molar-refractivity contribution < 1.29 is 0 Å². The van der Waals surface area contributed by atoms with Gasteiger partial charge in [-0.15, -0.1) is 0 Å². The molecule has 5 rings (SSSR count). The van der Waals surface area contributed by atoms with E-state index in [2.05, 4.69) is 126 Å². The Morgan fingerprint density at radius 2 is 0.944 bits per heavy atom. The van der Waals surface area contributed by atoms with Gasteiger partial charge in [0.2, 0.25) is 0 Å². The largest absolute Gasteiger partial charge is 0.256 e. The highest BCUT2D eigenvalue weighted by molar-refractivity contribution is 5.75. The van der Waals surface area contributed by atoms with Crippen molar-refractivity contribution in [2.24, 2.45) is 0 Å². The van der Waals surface area contributed by atoms with E-state index in [1.165, 1.54) is 65.5 Å². The summed E-state index contributed by atoms with van der Waals surface area (Å²) in [4.78, 5) is 4.67. The number of rotatable bonds is 10. The number of hydrogen-bond donors (Lipinski definition) is 0. The number of pyridine rings is 1. The summed E-state index contributed by atoms with van der Waals surface area (Å²) in [7, 11) is 0. The van der Waals surface area contributed by atoms with Crippen LogP contribution in [0.2, 0.25) is 0 Å². The molecule has 1 heterocycles. The molecule has 0 unspecified atom stereocenters. The van der Waals surface area contributed by atoms with Crippen LogP contribution in [-0.2, 0) is 12.8 Å². The summed E-state index contributed by atoms with van der Waals surface area (Å²) >= 11 is 0. The molecule has 0 aliphatic carbocycles. The van der Waals surface area contributed by atoms with Gasteiger partial charge in [0.25, 0.3) is 0 Å². The fourth-order valence-electron chi connectivity index (χ4n) is 4.82. The molecule has 1 heteroatoms. The Bertz CT molecular complexity index is 1370. The van der Waals surface area contributed by atoms with Gasteiger partial charge in [-0.3, -0.25) is 4.98 Å². The molecule has 1 aromatic heterocycles. The second-order valence-corrected chi connectivity index (χ2v) is 9.48. The van der Waals surface area contributed by atoms with Crippen molar-refractivity contribution in [2.75, 3.05) is 0 Å². The molecule has 0 fully saturated rings. The maximum atomic E-state index is 4.67. The maximum Gasteiger partial charge on any atom is 0.0708 e. The Hall–Kier alpha value is -3.97. The minimum Gasteiger partial charge on any atom is -0.256 e. The van der Waals surface area contributed by atoms with Crippen molar-refractivity contribution in [1.82, 2.24) is 4.98 Å².